The highest BCUT2D eigenvalue weighted by molar-refractivity contribution is 6.30. The number of hydrogen-bond acceptors (Lipinski definition) is 4. The average molecular weight is 277 g/mol. The fourth-order valence-electron chi connectivity index (χ4n) is 1.92. The lowest BCUT2D eigenvalue weighted by atomic mass is 10.1. The first-order valence-corrected chi connectivity index (χ1v) is 6.64. The SMILES string of the molecule is CC(C)c1c(Cl)ncnc1NC(C)c1cccnc1. The Hall–Kier alpha value is -1.68. The number of pyridine rings is 1. The second kappa shape index (κ2) is 5.97. The van der Waals surface area contributed by atoms with Crippen molar-refractivity contribution in [3.05, 3.63) is 47.1 Å². The summed E-state index contributed by atoms with van der Waals surface area (Å²) in [5.41, 5.74) is 2.05. The van der Waals surface area contributed by atoms with E-state index in [1.165, 1.54) is 6.33 Å². The van der Waals surface area contributed by atoms with Crippen molar-refractivity contribution in [2.45, 2.75) is 32.7 Å². The van der Waals surface area contributed by atoms with E-state index in [1.54, 1.807) is 6.20 Å². The van der Waals surface area contributed by atoms with Gasteiger partial charge in [0.2, 0.25) is 0 Å². The molecule has 1 unspecified atom stereocenters. The van der Waals surface area contributed by atoms with Gasteiger partial charge in [0, 0.05) is 18.0 Å². The zero-order valence-electron chi connectivity index (χ0n) is 11.3. The minimum atomic E-state index is 0.108. The van der Waals surface area contributed by atoms with Crippen molar-refractivity contribution in [2.24, 2.45) is 0 Å². The number of nitrogens with one attached hydrogen (secondary N) is 1. The van der Waals surface area contributed by atoms with Gasteiger partial charge in [0.1, 0.15) is 17.3 Å². The molecule has 0 fully saturated rings. The summed E-state index contributed by atoms with van der Waals surface area (Å²) in [6.45, 7) is 6.21. The minimum absolute atomic E-state index is 0.108. The van der Waals surface area contributed by atoms with Crippen molar-refractivity contribution < 1.29 is 0 Å². The van der Waals surface area contributed by atoms with Crippen molar-refractivity contribution in [1.82, 2.24) is 15.0 Å². The van der Waals surface area contributed by atoms with Crippen molar-refractivity contribution in [3.63, 3.8) is 0 Å². The summed E-state index contributed by atoms with van der Waals surface area (Å²) in [5, 5.41) is 3.88. The molecule has 0 aliphatic heterocycles. The van der Waals surface area contributed by atoms with Crippen LogP contribution in [0.1, 0.15) is 43.9 Å². The summed E-state index contributed by atoms with van der Waals surface area (Å²) in [5.74, 6) is 1.05. The van der Waals surface area contributed by atoms with E-state index < -0.39 is 0 Å². The topological polar surface area (TPSA) is 50.7 Å². The Labute approximate surface area is 118 Å². The number of nitrogens with zero attached hydrogens (tertiary/aromatic N) is 3. The van der Waals surface area contributed by atoms with E-state index in [9.17, 15) is 0 Å². The molecule has 0 aliphatic carbocycles. The molecule has 2 aromatic heterocycles. The molecule has 0 saturated heterocycles. The number of hydrogen-bond donors (Lipinski definition) is 1. The van der Waals surface area contributed by atoms with Crippen molar-refractivity contribution >= 4 is 17.4 Å². The molecule has 2 rings (SSSR count). The Kier molecular flexibility index (Phi) is 4.32. The highest BCUT2D eigenvalue weighted by atomic mass is 35.5. The number of halogens is 1. The zero-order valence-corrected chi connectivity index (χ0v) is 12.0. The van der Waals surface area contributed by atoms with Gasteiger partial charge in [-0.1, -0.05) is 31.5 Å². The molecule has 0 radical (unpaired) electrons. The zero-order chi connectivity index (χ0) is 13.8. The van der Waals surface area contributed by atoms with Crippen LogP contribution >= 0.6 is 11.6 Å². The van der Waals surface area contributed by atoms with Crippen LogP contribution < -0.4 is 5.32 Å². The first-order chi connectivity index (χ1) is 9.09. The summed E-state index contributed by atoms with van der Waals surface area (Å²) >= 11 is 6.15. The third-order valence-corrected chi connectivity index (χ3v) is 3.25. The molecule has 19 heavy (non-hydrogen) atoms. The van der Waals surface area contributed by atoms with Gasteiger partial charge in [0.25, 0.3) is 0 Å². The molecule has 0 amide bonds. The highest BCUT2D eigenvalue weighted by Crippen LogP contribution is 2.30. The summed E-state index contributed by atoms with van der Waals surface area (Å²) < 4.78 is 0. The van der Waals surface area contributed by atoms with Gasteiger partial charge in [-0.3, -0.25) is 4.98 Å². The Morgan fingerprint density at radius 3 is 2.63 bits per heavy atom. The van der Waals surface area contributed by atoms with E-state index in [2.05, 4.69) is 41.0 Å². The lowest BCUT2D eigenvalue weighted by Crippen LogP contribution is -2.11. The van der Waals surface area contributed by atoms with Gasteiger partial charge < -0.3 is 5.32 Å². The van der Waals surface area contributed by atoms with Gasteiger partial charge in [0.15, 0.2) is 0 Å². The van der Waals surface area contributed by atoms with Crippen LogP contribution in [0.25, 0.3) is 0 Å². The van der Waals surface area contributed by atoms with E-state index in [-0.39, 0.29) is 12.0 Å². The van der Waals surface area contributed by atoms with Gasteiger partial charge in [0.05, 0.1) is 6.04 Å². The highest BCUT2D eigenvalue weighted by Gasteiger charge is 2.15. The molecule has 0 spiro atoms. The van der Waals surface area contributed by atoms with Crippen molar-refractivity contribution in [3.8, 4) is 0 Å². The van der Waals surface area contributed by atoms with E-state index in [1.807, 2.05) is 18.3 Å². The van der Waals surface area contributed by atoms with Crippen LogP contribution in [0, 0.1) is 0 Å². The average Bonchev–Trinajstić information content (AvgIpc) is 2.39. The molecule has 0 aromatic carbocycles. The predicted molar refractivity (Wildman–Crippen MR) is 77.4 cm³/mol. The van der Waals surface area contributed by atoms with E-state index >= 15 is 0 Å². The monoisotopic (exact) mass is 276 g/mol. The summed E-state index contributed by atoms with van der Waals surface area (Å²) in [7, 11) is 0. The van der Waals surface area contributed by atoms with Crippen molar-refractivity contribution in [1.29, 1.82) is 0 Å². The van der Waals surface area contributed by atoms with Crippen LogP contribution in [0.15, 0.2) is 30.9 Å². The molecule has 1 atom stereocenters. The lowest BCUT2D eigenvalue weighted by Gasteiger charge is -2.19. The number of aromatic nitrogens is 3. The van der Waals surface area contributed by atoms with Crippen LogP contribution in [0.3, 0.4) is 0 Å². The minimum Gasteiger partial charge on any atom is -0.363 e. The normalized spacial score (nSPS) is 12.5. The Bertz CT molecular complexity index is 542. The molecule has 4 nitrogen and oxygen atoms in total. The third kappa shape index (κ3) is 3.20. The third-order valence-electron chi connectivity index (χ3n) is 2.95. The van der Waals surface area contributed by atoms with Crippen LogP contribution in [0.2, 0.25) is 5.15 Å². The Morgan fingerprint density at radius 1 is 1.21 bits per heavy atom. The molecule has 0 saturated carbocycles. The van der Waals surface area contributed by atoms with Gasteiger partial charge in [-0.15, -0.1) is 0 Å². The van der Waals surface area contributed by atoms with E-state index in [0.717, 1.165) is 16.9 Å². The number of anilines is 1. The number of rotatable bonds is 4. The van der Waals surface area contributed by atoms with Gasteiger partial charge in [-0.2, -0.15) is 0 Å². The van der Waals surface area contributed by atoms with Crippen LogP contribution in [-0.4, -0.2) is 15.0 Å². The quantitative estimate of drug-likeness (QED) is 0.863. The summed E-state index contributed by atoms with van der Waals surface area (Å²) in [6.07, 6.45) is 5.08. The summed E-state index contributed by atoms with van der Waals surface area (Å²) in [6, 6.07) is 4.06. The predicted octanol–water partition coefficient (Wildman–Crippen LogP) is 3.82. The first kappa shape index (κ1) is 13.7. The lowest BCUT2D eigenvalue weighted by molar-refractivity contribution is 0.816. The first-order valence-electron chi connectivity index (χ1n) is 6.26. The van der Waals surface area contributed by atoms with Crippen LogP contribution in [0.5, 0.6) is 0 Å². The molecule has 2 aromatic rings. The van der Waals surface area contributed by atoms with E-state index in [4.69, 9.17) is 11.6 Å². The van der Waals surface area contributed by atoms with Gasteiger partial charge in [-0.05, 0) is 24.5 Å². The van der Waals surface area contributed by atoms with Crippen molar-refractivity contribution in [2.75, 3.05) is 5.32 Å². The fraction of sp³-hybridized carbons (Fsp3) is 0.357. The van der Waals surface area contributed by atoms with Crippen LogP contribution in [-0.2, 0) is 0 Å². The molecule has 0 bridgehead atoms. The standard InChI is InChI=1S/C14H17ClN4/c1-9(2)12-13(15)17-8-18-14(12)19-10(3)11-5-4-6-16-7-11/h4-10H,1-3H3,(H,17,18,19). The maximum absolute atomic E-state index is 6.15. The van der Waals surface area contributed by atoms with Gasteiger partial charge >= 0.3 is 0 Å². The van der Waals surface area contributed by atoms with E-state index in [0.29, 0.717) is 5.15 Å². The molecular formula is C14H17ClN4. The smallest absolute Gasteiger partial charge is 0.138 e. The Morgan fingerprint density at radius 2 is 2.00 bits per heavy atom. The maximum Gasteiger partial charge on any atom is 0.138 e. The molecular weight excluding hydrogens is 260 g/mol. The maximum atomic E-state index is 6.15. The van der Waals surface area contributed by atoms with Crippen LogP contribution in [0.4, 0.5) is 5.82 Å². The molecule has 5 heteroatoms. The second-order valence-corrected chi connectivity index (χ2v) is 5.09. The second-order valence-electron chi connectivity index (χ2n) is 4.73. The Balaban J connectivity index is 2.27. The fourth-order valence-corrected chi connectivity index (χ4v) is 2.27. The summed E-state index contributed by atoms with van der Waals surface area (Å²) in [4.78, 5) is 12.5. The molecule has 100 valence electrons. The largest absolute Gasteiger partial charge is 0.363 e. The molecule has 2 heterocycles. The van der Waals surface area contributed by atoms with Gasteiger partial charge in [-0.25, -0.2) is 9.97 Å². The molecule has 1 N–H and O–H groups in total. The molecule has 0 aliphatic rings.